The summed E-state index contributed by atoms with van der Waals surface area (Å²) in [6.07, 6.45) is -6.21. The molecule has 1 fully saturated rings. The normalized spacial score (nSPS) is 23.3. The lowest BCUT2D eigenvalue weighted by atomic mass is 9.92. The summed E-state index contributed by atoms with van der Waals surface area (Å²) in [4.78, 5) is 12.9. The number of carbonyl (C=O) groups excluding carboxylic acids is 1. The number of rotatable bonds is 8. The summed E-state index contributed by atoms with van der Waals surface area (Å²) in [5.41, 5.74) is -2.62. The van der Waals surface area contributed by atoms with Crippen LogP contribution in [-0.2, 0) is 35.9 Å². The van der Waals surface area contributed by atoms with Crippen LogP contribution in [0.25, 0.3) is 0 Å². The van der Waals surface area contributed by atoms with Gasteiger partial charge in [0.25, 0.3) is 5.60 Å². The van der Waals surface area contributed by atoms with Crippen molar-refractivity contribution in [1.82, 2.24) is 0 Å². The van der Waals surface area contributed by atoms with E-state index < -0.39 is 36.1 Å². The van der Waals surface area contributed by atoms with E-state index in [-0.39, 0.29) is 5.56 Å². The summed E-state index contributed by atoms with van der Waals surface area (Å²) in [5.74, 6) is -1.52. The van der Waals surface area contributed by atoms with E-state index in [2.05, 4.69) is 0 Å². The SMILES string of the molecule is CO[C@@H]1[C@@H](OC(=O)[C@](OC)(c2ccccc2)C(F)(F)F)CC[C@H]1OCc1ccccc1. The third-order valence-corrected chi connectivity index (χ3v) is 5.48. The van der Waals surface area contributed by atoms with Crippen LogP contribution in [0.5, 0.6) is 0 Å². The topological polar surface area (TPSA) is 54.0 Å². The van der Waals surface area contributed by atoms with Crippen molar-refractivity contribution in [3.63, 3.8) is 0 Å². The fourth-order valence-electron chi connectivity index (χ4n) is 3.89. The molecule has 0 saturated heterocycles. The van der Waals surface area contributed by atoms with E-state index in [0.29, 0.717) is 19.4 Å². The van der Waals surface area contributed by atoms with Crippen LogP contribution in [0, 0.1) is 0 Å². The van der Waals surface area contributed by atoms with Gasteiger partial charge in [-0.05, 0) is 18.4 Å². The number of carbonyl (C=O) groups is 1. The van der Waals surface area contributed by atoms with Gasteiger partial charge in [-0.2, -0.15) is 13.2 Å². The molecule has 1 aliphatic carbocycles. The first-order chi connectivity index (χ1) is 14.8. The van der Waals surface area contributed by atoms with E-state index in [1.54, 1.807) is 6.07 Å². The van der Waals surface area contributed by atoms with Crippen LogP contribution in [0.4, 0.5) is 13.2 Å². The molecule has 0 amide bonds. The zero-order valence-corrected chi connectivity index (χ0v) is 17.3. The lowest BCUT2D eigenvalue weighted by Crippen LogP contribution is -2.53. The number of alkyl halides is 3. The maximum Gasteiger partial charge on any atom is 0.432 e. The molecule has 0 N–H and O–H groups in total. The van der Waals surface area contributed by atoms with E-state index in [9.17, 15) is 18.0 Å². The minimum atomic E-state index is -5.02. The van der Waals surface area contributed by atoms with Gasteiger partial charge < -0.3 is 18.9 Å². The van der Waals surface area contributed by atoms with Gasteiger partial charge >= 0.3 is 12.1 Å². The predicted octanol–water partition coefficient (Wildman–Crippen LogP) is 4.40. The van der Waals surface area contributed by atoms with Crippen LogP contribution in [0.1, 0.15) is 24.0 Å². The Balaban J connectivity index is 1.75. The first-order valence-corrected chi connectivity index (χ1v) is 9.90. The highest BCUT2D eigenvalue weighted by Crippen LogP contribution is 2.44. The van der Waals surface area contributed by atoms with Gasteiger partial charge in [-0.1, -0.05) is 60.7 Å². The third-order valence-electron chi connectivity index (χ3n) is 5.48. The molecule has 0 unspecified atom stereocenters. The van der Waals surface area contributed by atoms with Crippen molar-refractivity contribution in [1.29, 1.82) is 0 Å². The Morgan fingerprint density at radius 2 is 1.52 bits per heavy atom. The van der Waals surface area contributed by atoms with E-state index >= 15 is 0 Å². The van der Waals surface area contributed by atoms with Crippen molar-refractivity contribution in [3.8, 4) is 0 Å². The highest BCUT2D eigenvalue weighted by molar-refractivity contribution is 5.83. The van der Waals surface area contributed by atoms with Crippen LogP contribution < -0.4 is 0 Å². The highest BCUT2D eigenvalue weighted by Gasteiger charge is 2.64. The second-order valence-electron chi connectivity index (χ2n) is 7.31. The second kappa shape index (κ2) is 9.80. The molecule has 8 heteroatoms. The van der Waals surface area contributed by atoms with Crippen molar-refractivity contribution in [2.75, 3.05) is 14.2 Å². The van der Waals surface area contributed by atoms with Crippen LogP contribution in [0.3, 0.4) is 0 Å². The van der Waals surface area contributed by atoms with Gasteiger partial charge in [0.05, 0.1) is 12.7 Å². The summed E-state index contributed by atoms with van der Waals surface area (Å²) < 4.78 is 63.7. The third kappa shape index (κ3) is 4.76. The molecular formula is C23H25F3O5. The van der Waals surface area contributed by atoms with E-state index in [0.717, 1.165) is 12.7 Å². The molecule has 2 aromatic rings. The second-order valence-corrected chi connectivity index (χ2v) is 7.31. The van der Waals surface area contributed by atoms with Crippen molar-refractivity contribution >= 4 is 5.97 Å². The summed E-state index contributed by atoms with van der Waals surface area (Å²) in [6.45, 7) is 0.320. The number of benzene rings is 2. The van der Waals surface area contributed by atoms with Crippen molar-refractivity contribution in [3.05, 3.63) is 71.8 Å². The number of esters is 1. The minimum absolute atomic E-state index is 0.316. The fourth-order valence-corrected chi connectivity index (χ4v) is 3.89. The molecule has 0 aliphatic heterocycles. The first kappa shape index (κ1) is 23.2. The Hall–Kier alpha value is -2.42. The molecule has 0 spiro atoms. The molecule has 31 heavy (non-hydrogen) atoms. The van der Waals surface area contributed by atoms with Gasteiger partial charge in [-0.15, -0.1) is 0 Å². The molecule has 4 atom stereocenters. The average molecular weight is 438 g/mol. The van der Waals surface area contributed by atoms with Gasteiger partial charge in [0.1, 0.15) is 12.2 Å². The number of ether oxygens (including phenoxy) is 4. The van der Waals surface area contributed by atoms with E-state index in [4.69, 9.17) is 18.9 Å². The van der Waals surface area contributed by atoms with Gasteiger partial charge in [0.2, 0.25) is 0 Å². The number of methoxy groups -OCH3 is 2. The lowest BCUT2D eigenvalue weighted by molar-refractivity contribution is -0.279. The number of hydrogen-bond acceptors (Lipinski definition) is 5. The summed E-state index contributed by atoms with van der Waals surface area (Å²) in [5, 5.41) is 0. The fraction of sp³-hybridized carbons (Fsp3) is 0.435. The Labute approximate surface area is 179 Å². The Bertz CT molecular complexity index is 843. The maximum atomic E-state index is 14.1. The largest absolute Gasteiger partial charge is 0.457 e. The van der Waals surface area contributed by atoms with Gasteiger partial charge in [-0.3, -0.25) is 0 Å². The van der Waals surface area contributed by atoms with E-state index in [1.807, 2.05) is 30.3 Å². The van der Waals surface area contributed by atoms with Crippen LogP contribution in [0.15, 0.2) is 60.7 Å². The molecule has 1 aliphatic rings. The minimum Gasteiger partial charge on any atom is -0.457 e. The summed E-state index contributed by atoms with van der Waals surface area (Å²) in [6, 6.07) is 16.2. The molecule has 0 radical (unpaired) electrons. The average Bonchev–Trinajstić information content (AvgIpc) is 3.15. The summed E-state index contributed by atoms with van der Waals surface area (Å²) in [7, 11) is 2.26. The summed E-state index contributed by atoms with van der Waals surface area (Å²) >= 11 is 0. The smallest absolute Gasteiger partial charge is 0.432 e. The predicted molar refractivity (Wildman–Crippen MR) is 106 cm³/mol. The van der Waals surface area contributed by atoms with Crippen LogP contribution in [0.2, 0.25) is 0 Å². The van der Waals surface area contributed by atoms with E-state index in [1.165, 1.54) is 31.4 Å². The van der Waals surface area contributed by atoms with Crippen molar-refractivity contribution < 1.29 is 36.9 Å². The lowest BCUT2D eigenvalue weighted by Gasteiger charge is -2.34. The molecular weight excluding hydrogens is 413 g/mol. The van der Waals surface area contributed by atoms with Crippen LogP contribution in [-0.4, -0.2) is 44.7 Å². The molecule has 168 valence electrons. The number of halogens is 3. The zero-order chi connectivity index (χ0) is 22.5. The van der Waals surface area contributed by atoms with Crippen molar-refractivity contribution in [2.24, 2.45) is 0 Å². The monoisotopic (exact) mass is 438 g/mol. The Morgan fingerprint density at radius 3 is 2.06 bits per heavy atom. The molecule has 3 rings (SSSR count). The van der Waals surface area contributed by atoms with Gasteiger partial charge in [-0.25, -0.2) is 4.79 Å². The van der Waals surface area contributed by atoms with Crippen molar-refractivity contribution in [2.45, 2.75) is 49.5 Å². The molecule has 0 aromatic heterocycles. The number of hydrogen-bond donors (Lipinski definition) is 0. The standard InChI is InChI=1S/C23H25F3O5/c1-28-20-18(30-15-16-9-5-3-6-10-16)13-14-19(20)31-21(27)22(29-2,23(24,25)26)17-11-7-4-8-12-17/h3-12,18-20H,13-15H2,1-2H3/t18-,19+,20+,22-/m1/s1. The quantitative estimate of drug-likeness (QED) is 0.572. The highest BCUT2D eigenvalue weighted by atomic mass is 19.4. The Morgan fingerprint density at radius 1 is 0.935 bits per heavy atom. The van der Waals surface area contributed by atoms with Gasteiger partial charge in [0.15, 0.2) is 0 Å². The van der Waals surface area contributed by atoms with Crippen LogP contribution >= 0.6 is 0 Å². The zero-order valence-electron chi connectivity index (χ0n) is 17.3. The molecule has 0 heterocycles. The molecule has 5 nitrogen and oxygen atoms in total. The first-order valence-electron chi connectivity index (χ1n) is 9.90. The molecule has 0 bridgehead atoms. The molecule has 2 aromatic carbocycles. The maximum absolute atomic E-state index is 14.1. The Kier molecular flexibility index (Phi) is 7.35. The molecule has 1 saturated carbocycles. The van der Waals surface area contributed by atoms with Gasteiger partial charge in [0, 0.05) is 19.8 Å².